The van der Waals surface area contributed by atoms with Gasteiger partial charge < -0.3 is 4.74 Å². The number of esters is 1. The van der Waals surface area contributed by atoms with Crippen molar-refractivity contribution < 1.29 is 9.53 Å². The Labute approximate surface area is 155 Å². The SMILES string of the molecule is CC(C)c1cc(OC(=O)c2ccc(Cl)c(Cl)c2)n(-c2ccccc2)n1. The highest BCUT2D eigenvalue weighted by Crippen LogP contribution is 2.26. The van der Waals surface area contributed by atoms with Crippen LogP contribution in [-0.2, 0) is 0 Å². The monoisotopic (exact) mass is 374 g/mol. The molecule has 0 spiro atoms. The lowest BCUT2D eigenvalue weighted by molar-refractivity contribution is 0.0723. The first-order valence-electron chi connectivity index (χ1n) is 7.78. The van der Waals surface area contributed by atoms with Crippen LogP contribution in [-0.4, -0.2) is 15.7 Å². The average molecular weight is 375 g/mol. The number of carbonyl (C=O) groups excluding carboxylic acids is 1. The molecule has 0 aliphatic rings. The fourth-order valence-electron chi connectivity index (χ4n) is 2.27. The smallest absolute Gasteiger partial charge is 0.344 e. The van der Waals surface area contributed by atoms with Gasteiger partial charge in [-0.05, 0) is 36.2 Å². The maximum Gasteiger partial charge on any atom is 0.344 e. The highest BCUT2D eigenvalue weighted by atomic mass is 35.5. The Kier molecular flexibility index (Phi) is 5.11. The van der Waals surface area contributed by atoms with Crippen LogP contribution in [0.4, 0.5) is 0 Å². The number of hydrogen-bond donors (Lipinski definition) is 0. The fraction of sp³-hybridized carbons (Fsp3) is 0.158. The van der Waals surface area contributed by atoms with Crippen LogP contribution in [0.5, 0.6) is 5.88 Å². The molecule has 4 nitrogen and oxygen atoms in total. The third kappa shape index (κ3) is 3.86. The second kappa shape index (κ2) is 7.30. The van der Waals surface area contributed by atoms with Crippen LogP contribution >= 0.6 is 23.2 Å². The number of rotatable bonds is 4. The van der Waals surface area contributed by atoms with Gasteiger partial charge in [-0.25, -0.2) is 9.48 Å². The van der Waals surface area contributed by atoms with E-state index in [9.17, 15) is 4.79 Å². The number of halogens is 2. The van der Waals surface area contributed by atoms with E-state index in [1.54, 1.807) is 22.9 Å². The van der Waals surface area contributed by atoms with E-state index >= 15 is 0 Å². The summed E-state index contributed by atoms with van der Waals surface area (Å²) in [5, 5.41) is 5.24. The third-order valence-electron chi connectivity index (χ3n) is 3.64. The zero-order valence-electron chi connectivity index (χ0n) is 13.7. The van der Waals surface area contributed by atoms with Crippen LogP contribution in [0.3, 0.4) is 0 Å². The minimum Gasteiger partial charge on any atom is -0.404 e. The predicted octanol–water partition coefficient (Wildman–Crippen LogP) is 5.52. The number of para-hydroxylation sites is 1. The molecule has 128 valence electrons. The van der Waals surface area contributed by atoms with Crippen molar-refractivity contribution in [2.45, 2.75) is 19.8 Å². The number of aromatic nitrogens is 2. The van der Waals surface area contributed by atoms with E-state index < -0.39 is 5.97 Å². The minimum absolute atomic E-state index is 0.201. The molecule has 0 saturated carbocycles. The van der Waals surface area contributed by atoms with Crippen LogP contribution in [0.25, 0.3) is 5.69 Å². The fourth-order valence-corrected chi connectivity index (χ4v) is 2.57. The topological polar surface area (TPSA) is 44.1 Å². The zero-order valence-corrected chi connectivity index (χ0v) is 15.3. The van der Waals surface area contributed by atoms with E-state index in [-0.39, 0.29) is 5.92 Å². The highest BCUT2D eigenvalue weighted by molar-refractivity contribution is 6.42. The lowest BCUT2D eigenvalue weighted by Gasteiger charge is -2.08. The molecule has 2 aromatic carbocycles. The van der Waals surface area contributed by atoms with Gasteiger partial charge in [0.05, 0.1) is 27.0 Å². The average Bonchev–Trinajstić information content (AvgIpc) is 3.02. The Morgan fingerprint density at radius 3 is 2.40 bits per heavy atom. The van der Waals surface area contributed by atoms with Crippen LogP contribution in [0.15, 0.2) is 54.6 Å². The van der Waals surface area contributed by atoms with Gasteiger partial charge in [-0.1, -0.05) is 55.2 Å². The van der Waals surface area contributed by atoms with Gasteiger partial charge in [-0.3, -0.25) is 0 Å². The molecule has 0 unspecified atom stereocenters. The molecule has 3 aromatic rings. The van der Waals surface area contributed by atoms with Gasteiger partial charge in [0, 0.05) is 6.07 Å². The lowest BCUT2D eigenvalue weighted by Crippen LogP contribution is -2.11. The molecule has 0 aliphatic carbocycles. The maximum atomic E-state index is 12.5. The molecule has 0 atom stereocenters. The third-order valence-corrected chi connectivity index (χ3v) is 4.38. The number of benzene rings is 2. The van der Waals surface area contributed by atoms with Crippen LogP contribution in [0, 0.1) is 0 Å². The summed E-state index contributed by atoms with van der Waals surface area (Å²) in [6, 6.07) is 15.9. The number of hydrogen-bond acceptors (Lipinski definition) is 3. The van der Waals surface area contributed by atoms with Gasteiger partial charge in [0.15, 0.2) is 0 Å². The zero-order chi connectivity index (χ0) is 18.0. The second-order valence-corrected chi connectivity index (χ2v) is 6.64. The Morgan fingerprint density at radius 2 is 1.76 bits per heavy atom. The molecule has 3 rings (SSSR count). The summed E-state index contributed by atoms with van der Waals surface area (Å²) >= 11 is 11.9. The van der Waals surface area contributed by atoms with Crippen molar-refractivity contribution in [3.63, 3.8) is 0 Å². The molecule has 1 heterocycles. The molecule has 0 amide bonds. The largest absolute Gasteiger partial charge is 0.404 e. The number of ether oxygens (including phenoxy) is 1. The quantitative estimate of drug-likeness (QED) is 0.564. The Balaban J connectivity index is 1.96. The van der Waals surface area contributed by atoms with Crippen molar-refractivity contribution >= 4 is 29.2 Å². The van der Waals surface area contributed by atoms with Gasteiger partial charge in [0.25, 0.3) is 0 Å². The van der Waals surface area contributed by atoms with Crippen molar-refractivity contribution in [2.75, 3.05) is 0 Å². The number of nitrogens with zero attached hydrogens (tertiary/aromatic N) is 2. The summed E-state index contributed by atoms with van der Waals surface area (Å²) in [6.07, 6.45) is 0. The van der Waals surface area contributed by atoms with Crippen molar-refractivity contribution in [1.29, 1.82) is 0 Å². The highest BCUT2D eigenvalue weighted by Gasteiger charge is 2.18. The summed E-state index contributed by atoms with van der Waals surface area (Å²) in [4.78, 5) is 12.5. The van der Waals surface area contributed by atoms with Crippen molar-refractivity contribution in [2.24, 2.45) is 0 Å². The first-order chi connectivity index (χ1) is 12.0. The molecule has 0 radical (unpaired) electrons. The van der Waals surface area contributed by atoms with Gasteiger partial charge in [-0.15, -0.1) is 0 Å². The molecule has 6 heteroatoms. The first-order valence-corrected chi connectivity index (χ1v) is 8.54. The Hall–Kier alpha value is -2.30. The second-order valence-electron chi connectivity index (χ2n) is 5.83. The van der Waals surface area contributed by atoms with Gasteiger partial charge in [-0.2, -0.15) is 5.10 Å². The molecular weight excluding hydrogens is 359 g/mol. The molecular formula is C19H16Cl2N2O2. The van der Waals surface area contributed by atoms with Crippen molar-refractivity contribution in [1.82, 2.24) is 9.78 Å². The Morgan fingerprint density at radius 1 is 1.04 bits per heavy atom. The number of carbonyl (C=O) groups is 1. The van der Waals surface area contributed by atoms with E-state index in [2.05, 4.69) is 5.10 Å². The van der Waals surface area contributed by atoms with Crippen LogP contribution in [0.2, 0.25) is 10.0 Å². The normalized spacial score (nSPS) is 10.9. The molecule has 0 N–H and O–H groups in total. The standard InChI is InChI=1S/C19H16Cl2N2O2/c1-12(2)17-11-18(23(22-17)14-6-4-3-5-7-14)25-19(24)13-8-9-15(20)16(21)10-13/h3-12H,1-2H3. The summed E-state index contributed by atoms with van der Waals surface area (Å²) in [5.41, 5.74) is 1.97. The minimum atomic E-state index is -0.522. The van der Waals surface area contributed by atoms with Crippen LogP contribution < -0.4 is 4.74 Å². The molecule has 25 heavy (non-hydrogen) atoms. The van der Waals surface area contributed by atoms with E-state index in [1.807, 2.05) is 44.2 Å². The van der Waals surface area contributed by atoms with Gasteiger partial charge in [0.1, 0.15) is 0 Å². The summed E-state index contributed by atoms with van der Waals surface area (Å²) in [6.45, 7) is 4.06. The predicted molar refractivity (Wildman–Crippen MR) is 99.1 cm³/mol. The van der Waals surface area contributed by atoms with Gasteiger partial charge >= 0.3 is 5.97 Å². The summed E-state index contributed by atoms with van der Waals surface area (Å²) in [5.74, 6) is 0.0318. The summed E-state index contributed by atoms with van der Waals surface area (Å²) in [7, 11) is 0. The molecule has 0 aliphatic heterocycles. The molecule has 0 saturated heterocycles. The Bertz CT molecular complexity index is 905. The van der Waals surface area contributed by atoms with E-state index in [0.717, 1.165) is 11.4 Å². The van der Waals surface area contributed by atoms with Crippen molar-refractivity contribution in [3.05, 3.63) is 75.9 Å². The van der Waals surface area contributed by atoms with E-state index in [1.165, 1.54) is 6.07 Å². The maximum absolute atomic E-state index is 12.5. The molecule has 0 bridgehead atoms. The summed E-state index contributed by atoms with van der Waals surface area (Å²) < 4.78 is 7.19. The first kappa shape index (κ1) is 17.5. The van der Waals surface area contributed by atoms with E-state index in [4.69, 9.17) is 27.9 Å². The molecule has 0 fully saturated rings. The van der Waals surface area contributed by atoms with Gasteiger partial charge in [0.2, 0.25) is 5.88 Å². The molecule has 1 aromatic heterocycles. The lowest BCUT2D eigenvalue weighted by atomic mass is 10.1. The van der Waals surface area contributed by atoms with Crippen LogP contribution in [0.1, 0.15) is 35.8 Å². The van der Waals surface area contributed by atoms with E-state index in [0.29, 0.717) is 21.5 Å². The van der Waals surface area contributed by atoms with Crippen molar-refractivity contribution in [3.8, 4) is 11.6 Å².